The Morgan fingerprint density at radius 2 is 0.759 bits per heavy atom. The minimum atomic E-state index is -0.480. The summed E-state index contributed by atoms with van der Waals surface area (Å²) >= 11 is 0. The highest BCUT2D eigenvalue weighted by Gasteiger charge is 2.50. The standard InChI is InChI=1S/C21H40N4O4.C21H42N2O6/c1-18(2)9-16(10-19(3,4)24(18)28)22(14-26)13-23(15-27)17-11-20(5,6)25(29)21(7,8)12-17;1-18(2)11-16(12-19(3,4)22(18)24)15-28-26-9-10-27-29-17-13-20(5,6)23(25)21(7,8)14-17/h14-17,28-29H,9-13H2,1-8H3;16-17,24-25H,9-15H2,1-8H3. The third-order valence-corrected chi connectivity index (χ3v) is 12.9. The Morgan fingerprint density at radius 1 is 0.466 bits per heavy atom. The van der Waals surface area contributed by atoms with Crippen LogP contribution >= 0.6 is 0 Å². The lowest BCUT2D eigenvalue weighted by Crippen LogP contribution is -2.65. The molecule has 4 aliphatic rings. The quantitative estimate of drug-likeness (QED) is 0.0483. The molecule has 0 spiro atoms. The minimum absolute atomic E-state index is 0.0812. The Morgan fingerprint density at radius 3 is 1.09 bits per heavy atom. The van der Waals surface area contributed by atoms with Gasteiger partial charge < -0.3 is 30.6 Å². The van der Waals surface area contributed by atoms with E-state index >= 15 is 0 Å². The average molecular weight is 831 g/mol. The highest BCUT2D eigenvalue weighted by Crippen LogP contribution is 2.42. The zero-order valence-corrected chi connectivity index (χ0v) is 38.9. The molecule has 0 atom stereocenters. The minimum Gasteiger partial charge on any atom is -0.324 e. The van der Waals surface area contributed by atoms with E-state index in [9.17, 15) is 30.4 Å². The lowest BCUT2D eigenvalue weighted by atomic mass is 9.76. The van der Waals surface area contributed by atoms with Crippen LogP contribution in [0.4, 0.5) is 0 Å². The van der Waals surface area contributed by atoms with Crippen molar-refractivity contribution >= 4 is 12.8 Å². The zero-order valence-electron chi connectivity index (χ0n) is 38.9. The zero-order chi connectivity index (χ0) is 44.5. The fourth-order valence-corrected chi connectivity index (χ4v) is 10.8. The maximum atomic E-state index is 12.0. The summed E-state index contributed by atoms with van der Waals surface area (Å²) in [5, 5.41) is 47.4. The topological polar surface area (TPSA) is 171 Å². The van der Waals surface area contributed by atoms with E-state index < -0.39 is 22.2 Å². The Bertz CT molecular complexity index is 1190. The highest BCUT2D eigenvalue weighted by molar-refractivity contribution is 5.52. The first-order valence-corrected chi connectivity index (χ1v) is 21.2. The van der Waals surface area contributed by atoms with Crippen molar-refractivity contribution in [2.75, 3.05) is 26.5 Å². The highest BCUT2D eigenvalue weighted by atomic mass is 17.2. The van der Waals surface area contributed by atoms with Crippen LogP contribution in [0.1, 0.15) is 162 Å². The van der Waals surface area contributed by atoms with Gasteiger partial charge >= 0.3 is 0 Å². The summed E-state index contributed by atoms with van der Waals surface area (Å²) in [6.45, 7) is 33.0. The molecule has 16 nitrogen and oxygen atoms in total. The van der Waals surface area contributed by atoms with E-state index in [4.69, 9.17) is 19.6 Å². The van der Waals surface area contributed by atoms with Gasteiger partial charge in [0.2, 0.25) is 12.8 Å². The maximum Gasteiger partial charge on any atom is 0.211 e. The summed E-state index contributed by atoms with van der Waals surface area (Å²) in [5.41, 5.74) is -3.26. The Hall–Kier alpha value is -1.54. The number of hydrogen-bond acceptors (Lipinski definition) is 14. The van der Waals surface area contributed by atoms with Gasteiger partial charge in [-0.3, -0.25) is 9.59 Å². The first-order valence-electron chi connectivity index (χ1n) is 21.2. The Labute approximate surface area is 349 Å². The third kappa shape index (κ3) is 12.3. The fourth-order valence-electron chi connectivity index (χ4n) is 10.8. The van der Waals surface area contributed by atoms with Crippen molar-refractivity contribution in [2.24, 2.45) is 5.92 Å². The van der Waals surface area contributed by atoms with Gasteiger partial charge in [0.05, 0.1) is 19.4 Å². The smallest absolute Gasteiger partial charge is 0.211 e. The molecule has 4 rings (SSSR count). The van der Waals surface area contributed by atoms with Gasteiger partial charge in [0, 0.05) is 56.4 Å². The summed E-state index contributed by atoms with van der Waals surface area (Å²) in [6, 6.07) is -0.162. The molecule has 0 saturated carbocycles. The molecule has 0 aromatic rings. The monoisotopic (exact) mass is 831 g/mol. The van der Waals surface area contributed by atoms with Gasteiger partial charge in [-0.05, 0) is 168 Å². The summed E-state index contributed by atoms with van der Waals surface area (Å²) in [6.07, 6.45) is 7.05. The van der Waals surface area contributed by atoms with E-state index in [1.807, 2.05) is 111 Å². The normalized spacial score (nSPS) is 27.7. The summed E-state index contributed by atoms with van der Waals surface area (Å²) in [4.78, 5) is 48.9. The lowest BCUT2D eigenvalue weighted by Gasteiger charge is -2.55. The number of carbonyl (C=O) groups is 2. The molecule has 4 saturated heterocycles. The number of amides is 2. The first-order chi connectivity index (χ1) is 26.2. The number of rotatable bonds is 14. The molecule has 0 unspecified atom stereocenters. The number of piperidine rings is 4. The van der Waals surface area contributed by atoms with E-state index in [2.05, 4.69) is 0 Å². The molecule has 4 aliphatic heterocycles. The van der Waals surface area contributed by atoms with Crippen LogP contribution in [0.5, 0.6) is 0 Å². The van der Waals surface area contributed by atoms with Crippen molar-refractivity contribution in [3.63, 3.8) is 0 Å². The van der Waals surface area contributed by atoms with Crippen LogP contribution in [-0.2, 0) is 29.1 Å². The Balaban J connectivity index is 0.000000310. The van der Waals surface area contributed by atoms with E-state index in [0.717, 1.165) is 25.7 Å². The summed E-state index contributed by atoms with van der Waals surface area (Å²) in [5.74, 6) is 0.314. The van der Waals surface area contributed by atoms with Crippen LogP contribution in [0.15, 0.2) is 0 Å². The number of carbonyl (C=O) groups excluding carboxylic acids is 2. The maximum absolute atomic E-state index is 12.0. The molecule has 16 heteroatoms. The van der Waals surface area contributed by atoms with Crippen molar-refractivity contribution in [1.29, 1.82) is 0 Å². The molecule has 0 aromatic carbocycles. The van der Waals surface area contributed by atoms with Gasteiger partial charge in [-0.15, -0.1) is 0 Å². The second-order valence-electron chi connectivity index (χ2n) is 22.6. The second-order valence-corrected chi connectivity index (χ2v) is 22.6. The molecule has 2 amide bonds. The number of hydroxylamine groups is 8. The average Bonchev–Trinajstić information content (AvgIpc) is 3.06. The number of nitrogens with zero attached hydrogens (tertiary/aromatic N) is 6. The Kier molecular flexibility index (Phi) is 16.2. The van der Waals surface area contributed by atoms with Gasteiger partial charge in [-0.25, -0.2) is 19.6 Å². The van der Waals surface area contributed by atoms with E-state index in [-0.39, 0.29) is 60.2 Å². The number of hydrogen-bond donors (Lipinski definition) is 4. The van der Waals surface area contributed by atoms with Crippen molar-refractivity contribution in [2.45, 2.75) is 225 Å². The van der Waals surface area contributed by atoms with E-state index in [1.165, 1.54) is 20.3 Å². The SMILES string of the molecule is CC1(C)CC(COOCCOOC2CC(C)(C)N(O)C(C)(C)C2)CC(C)(C)N1O.CC1(C)CC(N(C=O)CN(C=O)C2CC(C)(C)N(O)C(C)(C)C2)CC(C)(C)N1O. The van der Waals surface area contributed by atoms with E-state index in [0.29, 0.717) is 51.0 Å². The lowest BCUT2D eigenvalue weighted by molar-refractivity contribution is -0.377. The van der Waals surface area contributed by atoms with Gasteiger partial charge in [0.1, 0.15) is 13.2 Å². The van der Waals surface area contributed by atoms with Crippen molar-refractivity contribution in [3.05, 3.63) is 0 Å². The third-order valence-electron chi connectivity index (χ3n) is 12.9. The predicted molar refractivity (Wildman–Crippen MR) is 219 cm³/mol. The van der Waals surface area contributed by atoms with Crippen molar-refractivity contribution < 1.29 is 50.0 Å². The molecule has 0 radical (unpaired) electrons. The fraction of sp³-hybridized carbons (Fsp3) is 0.952. The van der Waals surface area contributed by atoms with Gasteiger partial charge in [0.25, 0.3) is 0 Å². The molecule has 0 aromatic heterocycles. The van der Waals surface area contributed by atoms with Crippen LogP contribution in [0.25, 0.3) is 0 Å². The molecule has 4 heterocycles. The largest absolute Gasteiger partial charge is 0.324 e. The summed E-state index contributed by atoms with van der Waals surface area (Å²) < 4.78 is 0. The van der Waals surface area contributed by atoms with Gasteiger partial charge in [-0.2, -0.15) is 20.3 Å². The summed E-state index contributed by atoms with van der Waals surface area (Å²) in [7, 11) is 0. The van der Waals surface area contributed by atoms with Crippen LogP contribution < -0.4 is 0 Å². The van der Waals surface area contributed by atoms with Gasteiger partial charge in [0.15, 0.2) is 0 Å². The van der Waals surface area contributed by atoms with Crippen molar-refractivity contribution in [1.82, 2.24) is 30.1 Å². The van der Waals surface area contributed by atoms with Crippen LogP contribution in [0, 0.1) is 5.92 Å². The van der Waals surface area contributed by atoms with Crippen LogP contribution in [-0.4, -0.2) is 153 Å². The van der Waals surface area contributed by atoms with Crippen molar-refractivity contribution in [3.8, 4) is 0 Å². The van der Waals surface area contributed by atoms with E-state index in [1.54, 1.807) is 9.80 Å². The molecule has 4 N–H and O–H groups in total. The molecule has 340 valence electrons. The van der Waals surface area contributed by atoms with Crippen LogP contribution in [0.3, 0.4) is 0 Å². The molecule has 0 bridgehead atoms. The second kappa shape index (κ2) is 18.4. The predicted octanol–water partition coefficient (Wildman–Crippen LogP) is 6.63. The molecule has 0 aliphatic carbocycles. The molecular weight excluding hydrogens is 748 g/mol. The molecule has 4 fully saturated rings. The molecule has 58 heavy (non-hydrogen) atoms. The van der Waals surface area contributed by atoms with Gasteiger partial charge in [-0.1, -0.05) is 0 Å². The van der Waals surface area contributed by atoms with Crippen LogP contribution in [0.2, 0.25) is 0 Å². The molecular formula is C42H82N6O10. The first kappa shape index (κ1) is 50.8.